The number of benzene rings is 1. The molecule has 3 amide bonds. The van der Waals surface area contributed by atoms with Gasteiger partial charge >= 0.3 is 6.09 Å². The molecule has 1 aromatic carbocycles. The van der Waals surface area contributed by atoms with Crippen molar-refractivity contribution in [2.75, 3.05) is 19.0 Å². The third-order valence-corrected chi connectivity index (χ3v) is 6.16. The Labute approximate surface area is 179 Å². The van der Waals surface area contributed by atoms with Crippen LogP contribution in [0.25, 0.3) is 0 Å². The summed E-state index contributed by atoms with van der Waals surface area (Å²) >= 11 is 1.41. The van der Waals surface area contributed by atoms with Crippen LogP contribution in [0.2, 0.25) is 0 Å². The van der Waals surface area contributed by atoms with E-state index in [-0.39, 0.29) is 12.3 Å². The fraction of sp³-hybridized carbons (Fsp3) is 0.409. The van der Waals surface area contributed by atoms with Crippen LogP contribution in [0.5, 0.6) is 5.75 Å². The van der Waals surface area contributed by atoms with E-state index in [1.807, 2.05) is 31.2 Å². The Kier molecular flexibility index (Phi) is 7.10. The lowest BCUT2D eigenvalue weighted by molar-refractivity contribution is -0.115. The summed E-state index contributed by atoms with van der Waals surface area (Å²) < 4.78 is 9.96. The number of carbonyl (C=O) groups excluding carboxylic acids is 3. The zero-order valence-corrected chi connectivity index (χ0v) is 18.2. The van der Waals surface area contributed by atoms with E-state index in [9.17, 15) is 14.4 Å². The van der Waals surface area contributed by atoms with Gasteiger partial charge in [0, 0.05) is 4.88 Å². The number of ether oxygens (including phenoxy) is 2. The number of imide groups is 1. The van der Waals surface area contributed by atoms with Gasteiger partial charge in [-0.05, 0) is 55.4 Å². The number of thiophene rings is 1. The van der Waals surface area contributed by atoms with Crippen LogP contribution in [-0.2, 0) is 28.8 Å². The van der Waals surface area contributed by atoms with Crippen LogP contribution >= 0.6 is 11.3 Å². The molecule has 2 N–H and O–H groups in total. The minimum atomic E-state index is -0.823. The number of hydrogen-bond donors (Lipinski definition) is 2. The first kappa shape index (κ1) is 21.8. The van der Waals surface area contributed by atoms with Gasteiger partial charge in [-0.15, -0.1) is 11.3 Å². The van der Waals surface area contributed by atoms with Gasteiger partial charge in [0.25, 0.3) is 5.91 Å². The van der Waals surface area contributed by atoms with Gasteiger partial charge in [-0.3, -0.25) is 14.9 Å². The van der Waals surface area contributed by atoms with Crippen molar-refractivity contribution in [3.63, 3.8) is 0 Å². The highest BCUT2D eigenvalue weighted by atomic mass is 32.1. The van der Waals surface area contributed by atoms with Crippen LogP contribution < -0.4 is 15.4 Å². The minimum Gasteiger partial charge on any atom is -0.494 e. The number of rotatable bonds is 6. The highest BCUT2D eigenvalue weighted by molar-refractivity contribution is 7.17. The fourth-order valence-electron chi connectivity index (χ4n) is 3.51. The van der Waals surface area contributed by atoms with E-state index in [1.165, 1.54) is 18.4 Å². The van der Waals surface area contributed by atoms with E-state index in [0.717, 1.165) is 41.0 Å². The predicted molar refractivity (Wildman–Crippen MR) is 115 cm³/mol. The molecular weight excluding hydrogens is 404 g/mol. The number of nitrogens with one attached hydrogen (secondary N) is 2. The molecular formula is C22H26N2O5S. The fourth-order valence-corrected chi connectivity index (χ4v) is 4.94. The van der Waals surface area contributed by atoms with E-state index in [4.69, 9.17) is 4.74 Å². The van der Waals surface area contributed by atoms with Gasteiger partial charge in [-0.1, -0.05) is 19.1 Å². The number of hydrogen-bond acceptors (Lipinski definition) is 6. The summed E-state index contributed by atoms with van der Waals surface area (Å²) in [5, 5.41) is 5.57. The SMILES string of the molecule is CCOc1ccc(CC(=O)Nc2sc3c(c2C(=O)NC(=O)OC)CCC(C)C3)cc1. The molecule has 1 heterocycles. The van der Waals surface area contributed by atoms with Gasteiger partial charge in [0.15, 0.2) is 0 Å². The summed E-state index contributed by atoms with van der Waals surface area (Å²) in [7, 11) is 1.20. The van der Waals surface area contributed by atoms with Crippen molar-refractivity contribution in [2.45, 2.75) is 39.5 Å². The third kappa shape index (κ3) is 5.18. The highest BCUT2D eigenvalue weighted by Gasteiger charge is 2.29. The first-order valence-electron chi connectivity index (χ1n) is 9.96. The lowest BCUT2D eigenvalue weighted by atomic mass is 9.88. The standard InChI is InChI=1S/C22H26N2O5S/c1-4-29-15-8-6-14(7-9-15)12-18(25)23-21-19(20(26)24-22(27)28-3)16-10-5-13(2)11-17(16)30-21/h6-9,13H,4-5,10-12H2,1-3H3,(H,23,25)(H,24,26,27). The first-order valence-corrected chi connectivity index (χ1v) is 10.8. The maximum Gasteiger partial charge on any atom is 0.413 e. The van der Waals surface area contributed by atoms with E-state index >= 15 is 0 Å². The number of anilines is 1. The summed E-state index contributed by atoms with van der Waals surface area (Å²) in [4.78, 5) is 38.0. The third-order valence-electron chi connectivity index (χ3n) is 4.99. The molecule has 160 valence electrons. The normalized spacial score (nSPS) is 15.1. The highest BCUT2D eigenvalue weighted by Crippen LogP contribution is 2.39. The van der Waals surface area contributed by atoms with E-state index in [2.05, 4.69) is 22.3 Å². The summed E-state index contributed by atoms with van der Waals surface area (Å²) in [6, 6.07) is 7.34. The van der Waals surface area contributed by atoms with Gasteiger partial charge < -0.3 is 14.8 Å². The largest absolute Gasteiger partial charge is 0.494 e. The molecule has 1 aliphatic rings. The molecule has 2 aromatic rings. The average molecular weight is 431 g/mol. The predicted octanol–water partition coefficient (Wildman–Crippen LogP) is 3.95. The number of methoxy groups -OCH3 is 1. The van der Waals surface area contributed by atoms with E-state index in [0.29, 0.717) is 23.1 Å². The van der Waals surface area contributed by atoms with Crippen molar-refractivity contribution in [2.24, 2.45) is 5.92 Å². The molecule has 7 nitrogen and oxygen atoms in total. The molecule has 1 aliphatic carbocycles. The number of carbonyl (C=O) groups is 3. The minimum absolute atomic E-state index is 0.170. The molecule has 30 heavy (non-hydrogen) atoms. The molecule has 1 atom stereocenters. The van der Waals surface area contributed by atoms with Crippen molar-refractivity contribution in [1.29, 1.82) is 0 Å². The smallest absolute Gasteiger partial charge is 0.413 e. The zero-order valence-electron chi connectivity index (χ0n) is 17.4. The quantitative estimate of drug-likeness (QED) is 0.724. The first-order chi connectivity index (χ1) is 14.4. The molecule has 0 saturated carbocycles. The average Bonchev–Trinajstić information content (AvgIpc) is 3.06. The van der Waals surface area contributed by atoms with Crippen LogP contribution in [0, 0.1) is 5.92 Å². The Morgan fingerprint density at radius 1 is 1.20 bits per heavy atom. The second-order valence-electron chi connectivity index (χ2n) is 7.30. The van der Waals surface area contributed by atoms with Crippen LogP contribution in [0.1, 0.15) is 46.6 Å². The Bertz CT molecular complexity index is 936. The van der Waals surface area contributed by atoms with Crippen molar-refractivity contribution in [3.8, 4) is 5.75 Å². The topological polar surface area (TPSA) is 93.7 Å². The Hall–Kier alpha value is -2.87. The van der Waals surface area contributed by atoms with Crippen LogP contribution in [-0.4, -0.2) is 31.6 Å². The summed E-state index contributed by atoms with van der Waals surface area (Å²) in [5.41, 5.74) is 2.12. The molecule has 0 bridgehead atoms. The molecule has 3 rings (SSSR count). The number of fused-ring (bicyclic) bond motifs is 1. The summed E-state index contributed by atoms with van der Waals surface area (Å²) in [6.07, 6.45) is 1.90. The Balaban J connectivity index is 1.79. The van der Waals surface area contributed by atoms with Gasteiger partial charge in [0.2, 0.25) is 5.91 Å². The van der Waals surface area contributed by atoms with Crippen LogP contribution in [0.15, 0.2) is 24.3 Å². The molecule has 1 unspecified atom stereocenters. The number of amides is 3. The van der Waals surface area contributed by atoms with Crippen LogP contribution in [0.4, 0.5) is 9.80 Å². The summed E-state index contributed by atoms with van der Waals surface area (Å²) in [6.45, 7) is 4.66. The molecule has 0 fully saturated rings. The molecule has 0 radical (unpaired) electrons. The number of alkyl carbamates (subject to hydrolysis) is 1. The molecule has 8 heteroatoms. The zero-order chi connectivity index (χ0) is 21.7. The van der Waals surface area contributed by atoms with Gasteiger partial charge in [0.05, 0.1) is 25.7 Å². The van der Waals surface area contributed by atoms with Crippen molar-refractivity contribution in [1.82, 2.24) is 5.32 Å². The van der Waals surface area contributed by atoms with E-state index < -0.39 is 12.0 Å². The second-order valence-corrected chi connectivity index (χ2v) is 8.41. The van der Waals surface area contributed by atoms with Crippen molar-refractivity contribution in [3.05, 3.63) is 45.8 Å². The van der Waals surface area contributed by atoms with Gasteiger partial charge in [0.1, 0.15) is 10.8 Å². The maximum atomic E-state index is 12.7. The lowest BCUT2D eigenvalue weighted by Gasteiger charge is -2.18. The Morgan fingerprint density at radius 2 is 1.93 bits per heavy atom. The maximum absolute atomic E-state index is 12.7. The molecule has 0 spiro atoms. The van der Waals surface area contributed by atoms with Crippen molar-refractivity contribution < 1.29 is 23.9 Å². The van der Waals surface area contributed by atoms with Gasteiger partial charge in [-0.2, -0.15) is 0 Å². The van der Waals surface area contributed by atoms with E-state index in [1.54, 1.807) is 0 Å². The van der Waals surface area contributed by atoms with Gasteiger partial charge in [-0.25, -0.2) is 4.79 Å². The van der Waals surface area contributed by atoms with Crippen molar-refractivity contribution >= 4 is 34.2 Å². The monoisotopic (exact) mass is 430 g/mol. The second kappa shape index (κ2) is 9.75. The molecule has 1 aromatic heterocycles. The Morgan fingerprint density at radius 3 is 2.60 bits per heavy atom. The lowest BCUT2D eigenvalue weighted by Crippen LogP contribution is -2.31. The summed E-state index contributed by atoms with van der Waals surface area (Å²) in [5.74, 6) is 0.492. The molecule has 0 saturated heterocycles. The molecule has 0 aliphatic heterocycles. The van der Waals surface area contributed by atoms with Crippen LogP contribution in [0.3, 0.4) is 0 Å².